The number of carbonyl (C=O) groups excluding carboxylic acids is 1. The number of hydrogen-bond donors (Lipinski definition) is 0. The SMILES string of the molecule is CC(c1ccccc1)C1CCN(CCCOC(=O)c2ccccc2)CC1.Cl. The van der Waals surface area contributed by atoms with E-state index in [2.05, 4.69) is 42.2 Å². The number of hydrogen-bond acceptors (Lipinski definition) is 3. The fourth-order valence-corrected chi connectivity index (χ4v) is 3.82. The van der Waals surface area contributed by atoms with Crippen molar-refractivity contribution in [2.75, 3.05) is 26.2 Å². The van der Waals surface area contributed by atoms with Crippen molar-refractivity contribution in [3.63, 3.8) is 0 Å². The molecule has 1 fully saturated rings. The van der Waals surface area contributed by atoms with Crippen LogP contribution in [0.15, 0.2) is 60.7 Å². The summed E-state index contributed by atoms with van der Waals surface area (Å²) in [4.78, 5) is 14.4. The molecule has 146 valence electrons. The van der Waals surface area contributed by atoms with E-state index in [0.29, 0.717) is 18.1 Å². The molecule has 1 atom stereocenters. The zero-order valence-electron chi connectivity index (χ0n) is 16.0. The Kier molecular flexibility index (Phi) is 8.83. The van der Waals surface area contributed by atoms with E-state index >= 15 is 0 Å². The van der Waals surface area contributed by atoms with Gasteiger partial charge in [-0.15, -0.1) is 12.4 Å². The summed E-state index contributed by atoms with van der Waals surface area (Å²) in [6.07, 6.45) is 3.40. The van der Waals surface area contributed by atoms with Crippen LogP contribution in [0, 0.1) is 5.92 Å². The van der Waals surface area contributed by atoms with Gasteiger partial charge in [0.15, 0.2) is 0 Å². The summed E-state index contributed by atoms with van der Waals surface area (Å²) < 4.78 is 5.37. The number of nitrogens with zero attached hydrogens (tertiary/aromatic N) is 1. The summed E-state index contributed by atoms with van der Waals surface area (Å²) in [6.45, 7) is 6.16. The van der Waals surface area contributed by atoms with Gasteiger partial charge in [-0.25, -0.2) is 4.79 Å². The normalized spacial score (nSPS) is 16.3. The molecule has 0 saturated carbocycles. The molecule has 4 heteroatoms. The molecule has 2 aromatic carbocycles. The minimum Gasteiger partial charge on any atom is -0.462 e. The van der Waals surface area contributed by atoms with Crippen LogP contribution in [-0.4, -0.2) is 37.1 Å². The Morgan fingerprint density at radius 2 is 1.63 bits per heavy atom. The first-order valence-corrected chi connectivity index (χ1v) is 9.73. The molecular weight excluding hydrogens is 358 g/mol. The van der Waals surface area contributed by atoms with E-state index in [4.69, 9.17) is 4.74 Å². The van der Waals surface area contributed by atoms with Crippen LogP contribution in [0.25, 0.3) is 0 Å². The van der Waals surface area contributed by atoms with Gasteiger partial charge in [0.05, 0.1) is 12.2 Å². The maximum absolute atomic E-state index is 11.9. The third-order valence-corrected chi connectivity index (χ3v) is 5.53. The second-order valence-electron chi connectivity index (χ2n) is 7.23. The van der Waals surface area contributed by atoms with Crippen LogP contribution in [0.4, 0.5) is 0 Å². The molecule has 0 aromatic heterocycles. The highest BCUT2D eigenvalue weighted by Gasteiger charge is 2.24. The van der Waals surface area contributed by atoms with E-state index < -0.39 is 0 Å². The van der Waals surface area contributed by atoms with Crippen LogP contribution < -0.4 is 0 Å². The minimum atomic E-state index is -0.221. The number of ether oxygens (including phenoxy) is 1. The lowest BCUT2D eigenvalue weighted by Crippen LogP contribution is -2.36. The molecule has 0 spiro atoms. The molecule has 27 heavy (non-hydrogen) atoms. The first-order valence-electron chi connectivity index (χ1n) is 9.73. The highest BCUT2D eigenvalue weighted by molar-refractivity contribution is 5.89. The molecule has 3 nitrogen and oxygen atoms in total. The van der Waals surface area contributed by atoms with Crippen LogP contribution in [0.1, 0.15) is 48.0 Å². The number of carbonyl (C=O) groups is 1. The first-order chi connectivity index (χ1) is 12.7. The summed E-state index contributed by atoms with van der Waals surface area (Å²) in [7, 11) is 0. The van der Waals surface area contributed by atoms with E-state index in [-0.39, 0.29) is 18.4 Å². The minimum absolute atomic E-state index is 0. The molecule has 0 bridgehead atoms. The van der Waals surface area contributed by atoms with Gasteiger partial charge in [-0.05, 0) is 61.9 Å². The van der Waals surface area contributed by atoms with Crippen molar-refractivity contribution in [1.82, 2.24) is 4.90 Å². The molecule has 2 aromatic rings. The molecule has 3 rings (SSSR count). The Balaban J connectivity index is 0.00000261. The molecule has 1 aliphatic heterocycles. The lowest BCUT2D eigenvalue weighted by Gasteiger charge is -2.35. The predicted octanol–water partition coefficient (Wildman–Crippen LogP) is 5.17. The van der Waals surface area contributed by atoms with Crippen molar-refractivity contribution in [3.05, 3.63) is 71.8 Å². The van der Waals surface area contributed by atoms with Crippen molar-refractivity contribution in [2.24, 2.45) is 5.92 Å². The van der Waals surface area contributed by atoms with Crippen molar-refractivity contribution < 1.29 is 9.53 Å². The number of rotatable bonds is 7. The summed E-state index contributed by atoms with van der Waals surface area (Å²) in [5.41, 5.74) is 2.09. The van der Waals surface area contributed by atoms with Crippen LogP contribution in [0.5, 0.6) is 0 Å². The molecule has 0 radical (unpaired) electrons. The van der Waals surface area contributed by atoms with Gasteiger partial charge in [-0.2, -0.15) is 0 Å². The van der Waals surface area contributed by atoms with Crippen molar-refractivity contribution in [2.45, 2.75) is 32.1 Å². The molecule has 1 unspecified atom stereocenters. The first kappa shape index (κ1) is 21.5. The quantitative estimate of drug-likeness (QED) is 0.484. The van der Waals surface area contributed by atoms with Crippen molar-refractivity contribution >= 4 is 18.4 Å². The van der Waals surface area contributed by atoms with E-state index in [1.165, 1.54) is 18.4 Å². The Labute approximate surface area is 169 Å². The number of esters is 1. The highest BCUT2D eigenvalue weighted by Crippen LogP contribution is 2.32. The zero-order valence-corrected chi connectivity index (χ0v) is 16.9. The van der Waals surface area contributed by atoms with Crippen LogP contribution in [0.2, 0.25) is 0 Å². The Hall–Kier alpha value is -1.84. The van der Waals surface area contributed by atoms with E-state index in [1.807, 2.05) is 18.2 Å². The largest absolute Gasteiger partial charge is 0.462 e. The summed E-state index contributed by atoms with van der Waals surface area (Å²) in [5.74, 6) is 1.18. The van der Waals surface area contributed by atoms with Gasteiger partial charge in [0.25, 0.3) is 0 Å². The van der Waals surface area contributed by atoms with Gasteiger partial charge in [-0.3, -0.25) is 0 Å². The highest BCUT2D eigenvalue weighted by atomic mass is 35.5. The second kappa shape index (κ2) is 11.1. The average molecular weight is 388 g/mol. The molecule has 1 saturated heterocycles. The third kappa shape index (κ3) is 6.37. The lowest BCUT2D eigenvalue weighted by atomic mass is 9.81. The Bertz CT molecular complexity index is 669. The Morgan fingerprint density at radius 1 is 1.04 bits per heavy atom. The predicted molar refractivity (Wildman–Crippen MR) is 113 cm³/mol. The lowest BCUT2D eigenvalue weighted by molar-refractivity contribution is 0.0481. The maximum atomic E-state index is 11.9. The van der Waals surface area contributed by atoms with E-state index in [0.717, 1.165) is 32.0 Å². The summed E-state index contributed by atoms with van der Waals surface area (Å²) in [5, 5.41) is 0. The van der Waals surface area contributed by atoms with Gasteiger partial charge < -0.3 is 9.64 Å². The number of halogens is 1. The molecule has 1 aliphatic rings. The number of likely N-dealkylation sites (tertiary alicyclic amines) is 1. The summed E-state index contributed by atoms with van der Waals surface area (Å²) >= 11 is 0. The molecule has 0 amide bonds. The van der Waals surface area contributed by atoms with Gasteiger partial charge in [-0.1, -0.05) is 55.5 Å². The zero-order chi connectivity index (χ0) is 18.2. The molecule has 0 N–H and O–H groups in total. The monoisotopic (exact) mass is 387 g/mol. The average Bonchev–Trinajstić information content (AvgIpc) is 2.72. The van der Waals surface area contributed by atoms with E-state index in [9.17, 15) is 4.79 Å². The summed E-state index contributed by atoms with van der Waals surface area (Å²) in [6, 6.07) is 20.1. The fraction of sp³-hybridized carbons (Fsp3) is 0.435. The Morgan fingerprint density at radius 3 is 2.26 bits per heavy atom. The molecular formula is C23H30ClNO2. The van der Waals surface area contributed by atoms with Crippen LogP contribution in [-0.2, 0) is 4.74 Å². The standard InChI is InChI=1S/C23H29NO2.ClH/c1-19(20-9-4-2-5-10-20)21-13-16-24(17-14-21)15-8-18-26-23(25)22-11-6-3-7-12-22;/h2-7,9-12,19,21H,8,13-18H2,1H3;1H. The fourth-order valence-electron chi connectivity index (χ4n) is 3.82. The third-order valence-electron chi connectivity index (χ3n) is 5.53. The van der Waals surface area contributed by atoms with Gasteiger partial charge in [0.1, 0.15) is 0 Å². The van der Waals surface area contributed by atoms with Gasteiger partial charge in [0, 0.05) is 6.54 Å². The number of piperidine rings is 1. The van der Waals surface area contributed by atoms with Crippen LogP contribution in [0.3, 0.4) is 0 Å². The number of benzene rings is 2. The smallest absolute Gasteiger partial charge is 0.338 e. The second-order valence-corrected chi connectivity index (χ2v) is 7.23. The van der Waals surface area contributed by atoms with Gasteiger partial charge >= 0.3 is 5.97 Å². The van der Waals surface area contributed by atoms with Crippen LogP contribution >= 0.6 is 12.4 Å². The maximum Gasteiger partial charge on any atom is 0.338 e. The molecule has 0 aliphatic carbocycles. The molecule has 1 heterocycles. The van der Waals surface area contributed by atoms with E-state index in [1.54, 1.807) is 12.1 Å². The topological polar surface area (TPSA) is 29.5 Å². The van der Waals surface area contributed by atoms with Gasteiger partial charge in [0.2, 0.25) is 0 Å². The van der Waals surface area contributed by atoms with Crippen molar-refractivity contribution in [1.29, 1.82) is 0 Å². The van der Waals surface area contributed by atoms with Crippen molar-refractivity contribution in [3.8, 4) is 0 Å².